The Labute approximate surface area is 119 Å². The Bertz CT molecular complexity index is 535. The largest absolute Gasteiger partial charge is 0.487 e. The van der Waals surface area contributed by atoms with Gasteiger partial charge in [-0.2, -0.15) is 0 Å². The molecule has 0 heterocycles. The van der Waals surface area contributed by atoms with Gasteiger partial charge in [0, 0.05) is 0 Å². The Hall–Kier alpha value is -2.26. The molecule has 0 aromatic heterocycles. The lowest BCUT2D eigenvalue weighted by Gasteiger charge is -2.10. The number of para-hydroxylation sites is 2. The third-order valence-corrected chi connectivity index (χ3v) is 2.64. The first-order valence-corrected chi connectivity index (χ1v) is 6.57. The van der Waals surface area contributed by atoms with Gasteiger partial charge >= 0.3 is 0 Å². The SMILES string of the molecule is OCCOc1ccccc1OCC=Cc1ccccc1. The first-order chi connectivity index (χ1) is 9.90. The summed E-state index contributed by atoms with van der Waals surface area (Å²) >= 11 is 0. The van der Waals surface area contributed by atoms with E-state index in [0.717, 1.165) is 5.56 Å². The zero-order valence-corrected chi connectivity index (χ0v) is 11.2. The minimum absolute atomic E-state index is 0.0117. The van der Waals surface area contributed by atoms with Crippen molar-refractivity contribution in [3.05, 3.63) is 66.2 Å². The molecule has 0 saturated heterocycles. The van der Waals surface area contributed by atoms with E-state index in [0.29, 0.717) is 18.1 Å². The van der Waals surface area contributed by atoms with Gasteiger partial charge in [-0.05, 0) is 23.8 Å². The minimum atomic E-state index is -0.0117. The van der Waals surface area contributed by atoms with Crippen molar-refractivity contribution in [3.63, 3.8) is 0 Å². The summed E-state index contributed by atoms with van der Waals surface area (Å²) in [6, 6.07) is 17.5. The molecular weight excluding hydrogens is 252 g/mol. The van der Waals surface area contributed by atoms with Crippen molar-refractivity contribution in [2.45, 2.75) is 0 Å². The van der Waals surface area contributed by atoms with Crippen molar-refractivity contribution in [1.82, 2.24) is 0 Å². The predicted molar refractivity (Wildman–Crippen MR) is 80.0 cm³/mol. The number of ether oxygens (including phenoxy) is 2. The topological polar surface area (TPSA) is 38.7 Å². The zero-order chi connectivity index (χ0) is 14.0. The van der Waals surface area contributed by atoms with E-state index >= 15 is 0 Å². The zero-order valence-electron chi connectivity index (χ0n) is 11.2. The molecule has 2 aromatic rings. The number of rotatable bonds is 7. The van der Waals surface area contributed by atoms with Crippen LogP contribution in [-0.2, 0) is 0 Å². The summed E-state index contributed by atoms with van der Waals surface area (Å²) in [4.78, 5) is 0. The monoisotopic (exact) mass is 270 g/mol. The number of benzene rings is 2. The van der Waals surface area contributed by atoms with Gasteiger partial charge < -0.3 is 14.6 Å². The van der Waals surface area contributed by atoms with Gasteiger partial charge in [0.1, 0.15) is 13.2 Å². The molecule has 3 heteroatoms. The first-order valence-electron chi connectivity index (χ1n) is 6.57. The second kappa shape index (κ2) is 8.02. The first kappa shape index (κ1) is 14.2. The van der Waals surface area contributed by atoms with Crippen LogP contribution in [0.2, 0.25) is 0 Å². The molecule has 2 aromatic carbocycles. The van der Waals surface area contributed by atoms with Gasteiger partial charge in [0.25, 0.3) is 0 Å². The van der Waals surface area contributed by atoms with Crippen LogP contribution < -0.4 is 9.47 Å². The number of hydrogen-bond acceptors (Lipinski definition) is 3. The molecule has 0 unspecified atom stereocenters. The maximum absolute atomic E-state index is 8.78. The highest BCUT2D eigenvalue weighted by Gasteiger charge is 2.02. The lowest BCUT2D eigenvalue weighted by Crippen LogP contribution is -2.03. The summed E-state index contributed by atoms with van der Waals surface area (Å²) in [5.41, 5.74) is 1.14. The lowest BCUT2D eigenvalue weighted by molar-refractivity contribution is 0.195. The van der Waals surface area contributed by atoms with Crippen LogP contribution in [0.5, 0.6) is 11.5 Å². The number of aliphatic hydroxyl groups excluding tert-OH is 1. The van der Waals surface area contributed by atoms with E-state index in [-0.39, 0.29) is 13.2 Å². The number of aliphatic hydroxyl groups is 1. The highest BCUT2D eigenvalue weighted by Crippen LogP contribution is 2.26. The highest BCUT2D eigenvalue weighted by atomic mass is 16.5. The van der Waals surface area contributed by atoms with Crippen molar-refractivity contribution in [1.29, 1.82) is 0 Å². The van der Waals surface area contributed by atoms with Crippen molar-refractivity contribution >= 4 is 6.08 Å². The molecule has 0 saturated carbocycles. The van der Waals surface area contributed by atoms with Gasteiger partial charge in [0.05, 0.1) is 6.61 Å². The molecule has 1 N–H and O–H groups in total. The van der Waals surface area contributed by atoms with E-state index in [9.17, 15) is 0 Å². The normalized spacial score (nSPS) is 10.7. The Kier molecular flexibility index (Phi) is 5.68. The van der Waals surface area contributed by atoms with Gasteiger partial charge in [-0.15, -0.1) is 0 Å². The van der Waals surface area contributed by atoms with Gasteiger partial charge in [-0.1, -0.05) is 48.5 Å². The molecule has 0 aliphatic carbocycles. The fraction of sp³-hybridized carbons (Fsp3) is 0.176. The van der Waals surface area contributed by atoms with Crippen molar-refractivity contribution in [3.8, 4) is 11.5 Å². The molecule has 0 aliphatic heterocycles. The molecule has 0 amide bonds. The summed E-state index contributed by atoms with van der Waals surface area (Å²) in [6.07, 6.45) is 3.97. The molecule has 0 bridgehead atoms. The lowest BCUT2D eigenvalue weighted by atomic mass is 10.2. The van der Waals surface area contributed by atoms with Gasteiger partial charge in [0.15, 0.2) is 11.5 Å². The highest BCUT2D eigenvalue weighted by molar-refractivity contribution is 5.49. The van der Waals surface area contributed by atoms with Crippen molar-refractivity contribution in [2.24, 2.45) is 0 Å². The van der Waals surface area contributed by atoms with E-state index in [2.05, 4.69) is 0 Å². The maximum atomic E-state index is 8.78. The smallest absolute Gasteiger partial charge is 0.161 e. The Balaban J connectivity index is 1.89. The molecule has 104 valence electrons. The van der Waals surface area contributed by atoms with Crippen LogP contribution in [-0.4, -0.2) is 24.9 Å². The van der Waals surface area contributed by atoms with E-state index in [1.54, 1.807) is 0 Å². The summed E-state index contributed by atoms with van der Waals surface area (Å²) < 4.78 is 11.1. The van der Waals surface area contributed by atoms with Crippen molar-refractivity contribution < 1.29 is 14.6 Å². The third kappa shape index (κ3) is 4.44. The van der Waals surface area contributed by atoms with Crippen molar-refractivity contribution in [2.75, 3.05) is 19.8 Å². The summed E-state index contributed by atoms with van der Waals surface area (Å²) in [7, 11) is 0. The van der Waals surface area contributed by atoms with Crippen LogP contribution in [0, 0.1) is 0 Å². The van der Waals surface area contributed by atoms with Crippen LogP contribution in [0.3, 0.4) is 0 Å². The van der Waals surface area contributed by atoms with Crippen LogP contribution >= 0.6 is 0 Å². The predicted octanol–water partition coefficient (Wildman–Crippen LogP) is 3.15. The Morgan fingerprint density at radius 2 is 1.50 bits per heavy atom. The van der Waals surface area contributed by atoms with Gasteiger partial charge in [-0.3, -0.25) is 0 Å². The average Bonchev–Trinajstić information content (AvgIpc) is 2.51. The Morgan fingerprint density at radius 1 is 0.850 bits per heavy atom. The molecular formula is C17H18O3. The summed E-state index contributed by atoms with van der Waals surface area (Å²) in [6.45, 7) is 0.719. The standard InChI is InChI=1S/C17H18O3/c18-12-14-20-17-11-5-4-10-16(17)19-13-6-9-15-7-2-1-3-8-15/h1-11,18H,12-14H2. The molecule has 0 fully saturated rings. The third-order valence-electron chi connectivity index (χ3n) is 2.64. The van der Waals surface area contributed by atoms with Crippen LogP contribution in [0.4, 0.5) is 0 Å². The molecule has 0 spiro atoms. The average molecular weight is 270 g/mol. The molecule has 0 aliphatic rings. The van der Waals surface area contributed by atoms with E-state index in [1.807, 2.05) is 66.7 Å². The van der Waals surface area contributed by atoms with E-state index < -0.39 is 0 Å². The van der Waals surface area contributed by atoms with E-state index in [4.69, 9.17) is 14.6 Å². The number of hydrogen-bond donors (Lipinski definition) is 1. The quantitative estimate of drug-likeness (QED) is 0.840. The fourth-order valence-corrected chi connectivity index (χ4v) is 1.73. The van der Waals surface area contributed by atoms with Crippen LogP contribution in [0.25, 0.3) is 6.08 Å². The maximum Gasteiger partial charge on any atom is 0.161 e. The molecule has 2 rings (SSSR count). The fourth-order valence-electron chi connectivity index (χ4n) is 1.73. The molecule has 3 nitrogen and oxygen atoms in total. The second-order valence-electron chi connectivity index (χ2n) is 4.14. The van der Waals surface area contributed by atoms with Gasteiger partial charge in [-0.25, -0.2) is 0 Å². The second-order valence-corrected chi connectivity index (χ2v) is 4.14. The Morgan fingerprint density at radius 3 is 2.20 bits per heavy atom. The van der Waals surface area contributed by atoms with Crippen LogP contribution in [0.1, 0.15) is 5.56 Å². The molecule has 20 heavy (non-hydrogen) atoms. The summed E-state index contributed by atoms with van der Waals surface area (Å²) in [5.74, 6) is 1.33. The summed E-state index contributed by atoms with van der Waals surface area (Å²) in [5, 5.41) is 8.78. The van der Waals surface area contributed by atoms with E-state index in [1.165, 1.54) is 0 Å². The molecule has 0 radical (unpaired) electrons. The molecule has 0 atom stereocenters. The van der Waals surface area contributed by atoms with Gasteiger partial charge in [0.2, 0.25) is 0 Å². The van der Waals surface area contributed by atoms with Crippen LogP contribution in [0.15, 0.2) is 60.7 Å². The minimum Gasteiger partial charge on any atom is -0.487 e.